The van der Waals surface area contributed by atoms with Crippen LogP contribution in [0.1, 0.15) is 12.5 Å². The van der Waals surface area contributed by atoms with E-state index in [0.717, 1.165) is 5.56 Å². The van der Waals surface area contributed by atoms with Crippen LogP contribution in [-0.2, 0) is 10.3 Å². The van der Waals surface area contributed by atoms with Gasteiger partial charge in [-0.25, -0.2) is 4.39 Å². The van der Waals surface area contributed by atoms with Gasteiger partial charge in [0, 0.05) is 7.05 Å². The standard InChI is InChI=1S/C18H21FN2O2.ClH/c1-18(20,14-8-4-3-5-9-14)17(22)21(2)12-13-23-16-11-7-6-10-15(16)19;/h3-11H,12-13,20H2,1-2H3;1H. The number of ether oxygens (including phenoxy) is 1. The van der Waals surface area contributed by atoms with Crippen molar-refractivity contribution in [2.45, 2.75) is 12.5 Å². The van der Waals surface area contributed by atoms with E-state index in [1.165, 1.54) is 11.0 Å². The summed E-state index contributed by atoms with van der Waals surface area (Å²) in [5, 5.41) is 0. The normalized spacial score (nSPS) is 12.7. The molecule has 130 valence electrons. The zero-order chi connectivity index (χ0) is 16.9. The van der Waals surface area contributed by atoms with Crippen molar-refractivity contribution < 1.29 is 13.9 Å². The largest absolute Gasteiger partial charge is 0.489 e. The van der Waals surface area contributed by atoms with Crippen LogP contribution in [0.2, 0.25) is 0 Å². The summed E-state index contributed by atoms with van der Waals surface area (Å²) < 4.78 is 18.8. The second-order valence-electron chi connectivity index (χ2n) is 5.57. The van der Waals surface area contributed by atoms with Crippen LogP contribution in [0.3, 0.4) is 0 Å². The van der Waals surface area contributed by atoms with E-state index in [9.17, 15) is 9.18 Å². The number of carbonyl (C=O) groups is 1. The van der Waals surface area contributed by atoms with Gasteiger partial charge in [0.15, 0.2) is 11.6 Å². The topological polar surface area (TPSA) is 55.6 Å². The highest BCUT2D eigenvalue weighted by Gasteiger charge is 2.32. The molecule has 0 fully saturated rings. The Morgan fingerprint density at radius 3 is 2.38 bits per heavy atom. The maximum Gasteiger partial charge on any atom is 0.246 e. The molecule has 2 aromatic rings. The number of nitrogens with zero attached hydrogens (tertiary/aromatic N) is 1. The summed E-state index contributed by atoms with van der Waals surface area (Å²) in [7, 11) is 1.65. The first-order valence-electron chi connectivity index (χ1n) is 7.40. The first kappa shape index (κ1) is 19.9. The number of carbonyl (C=O) groups excluding carboxylic acids is 1. The molecular weight excluding hydrogens is 331 g/mol. The second kappa shape index (κ2) is 8.66. The number of hydrogen-bond donors (Lipinski definition) is 1. The average molecular weight is 353 g/mol. The molecule has 0 radical (unpaired) electrons. The summed E-state index contributed by atoms with van der Waals surface area (Å²) >= 11 is 0. The third-order valence-electron chi connectivity index (χ3n) is 3.69. The van der Waals surface area contributed by atoms with Crippen LogP contribution in [-0.4, -0.2) is 31.0 Å². The van der Waals surface area contributed by atoms with Crippen LogP contribution >= 0.6 is 12.4 Å². The van der Waals surface area contributed by atoms with Gasteiger partial charge in [-0.15, -0.1) is 12.4 Å². The van der Waals surface area contributed by atoms with E-state index in [1.54, 1.807) is 32.2 Å². The SMILES string of the molecule is CN(CCOc1ccccc1F)C(=O)C(C)(N)c1ccccc1.Cl. The number of hydrogen-bond acceptors (Lipinski definition) is 3. The van der Waals surface area contributed by atoms with Gasteiger partial charge < -0.3 is 15.4 Å². The zero-order valence-corrected chi connectivity index (χ0v) is 14.6. The first-order valence-corrected chi connectivity index (χ1v) is 7.40. The highest BCUT2D eigenvalue weighted by atomic mass is 35.5. The Hall–Kier alpha value is -2.11. The Morgan fingerprint density at radius 1 is 1.17 bits per heavy atom. The van der Waals surface area contributed by atoms with Gasteiger partial charge in [0.05, 0.1) is 6.54 Å². The zero-order valence-electron chi connectivity index (χ0n) is 13.7. The quantitative estimate of drug-likeness (QED) is 0.869. The number of nitrogens with two attached hydrogens (primary N) is 1. The molecule has 6 heteroatoms. The molecule has 0 spiro atoms. The number of likely N-dealkylation sites (N-methyl/N-ethyl adjacent to an activating group) is 1. The third-order valence-corrected chi connectivity index (χ3v) is 3.69. The van der Waals surface area contributed by atoms with Crippen LogP contribution < -0.4 is 10.5 Å². The van der Waals surface area contributed by atoms with Crippen LogP contribution in [0, 0.1) is 5.82 Å². The van der Waals surface area contributed by atoms with Crippen molar-refractivity contribution in [2.75, 3.05) is 20.2 Å². The Kier molecular flexibility index (Phi) is 7.19. The van der Waals surface area contributed by atoms with Gasteiger partial charge in [-0.05, 0) is 24.6 Å². The van der Waals surface area contributed by atoms with Crippen LogP contribution in [0.4, 0.5) is 4.39 Å². The highest BCUT2D eigenvalue weighted by molar-refractivity contribution is 5.86. The van der Waals surface area contributed by atoms with Crippen LogP contribution in [0.5, 0.6) is 5.75 Å². The number of amides is 1. The summed E-state index contributed by atoms with van der Waals surface area (Å²) in [6.07, 6.45) is 0. The molecule has 2 rings (SSSR count). The molecule has 0 aromatic heterocycles. The van der Waals surface area contributed by atoms with E-state index in [2.05, 4.69) is 0 Å². The molecular formula is C18H22ClFN2O2. The summed E-state index contributed by atoms with van der Waals surface area (Å²) in [4.78, 5) is 14.0. The number of benzene rings is 2. The van der Waals surface area contributed by atoms with Crippen molar-refractivity contribution in [1.29, 1.82) is 0 Å². The summed E-state index contributed by atoms with van der Waals surface area (Å²) in [5.74, 6) is -0.470. The highest BCUT2D eigenvalue weighted by Crippen LogP contribution is 2.20. The van der Waals surface area contributed by atoms with E-state index < -0.39 is 11.4 Å². The molecule has 1 unspecified atom stereocenters. The maximum absolute atomic E-state index is 13.5. The van der Waals surface area contributed by atoms with Gasteiger partial charge in [0.1, 0.15) is 12.1 Å². The van der Waals surface area contributed by atoms with Gasteiger partial charge in [-0.3, -0.25) is 4.79 Å². The Bertz CT molecular complexity index is 665. The van der Waals surface area contributed by atoms with Gasteiger partial charge in [0.25, 0.3) is 0 Å². The second-order valence-corrected chi connectivity index (χ2v) is 5.57. The molecule has 0 aliphatic rings. The smallest absolute Gasteiger partial charge is 0.246 e. The van der Waals surface area contributed by atoms with E-state index >= 15 is 0 Å². The summed E-state index contributed by atoms with van der Waals surface area (Å²) in [6, 6.07) is 15.4. The van der Waals surface area contributed by atoms with Crippen molar-refractivity contribution >= 4 is 18.3 Å². The lowest BCUT2D eigenvalue weighted by Crippen LogP contribution is -2.50. The molecule has 0 saturated carbocycles. The molecule has 0 bridgehead atoms. The Morgan fingerprint density at radius 2 is 1.75 bits per heavy atom. The summed E-state index contributed by atoms with van der Waals surface area (Å²) in [6.45, 7) is 2.18. The molecule has 0 aliphatic heterocycles. The Labute approximate surface area is 147 Å². The third kappa shape index (κ3) is 4.69. The average Bonchev–Trinajstić information content (AvgIpc) is 2.56. The molecule has 0 saturated heterocycles. The molecule has 1 amide bonds. The van der Waals surface area contributed by atoms with E-state index in [0.29, 0.717) is 6.54 Å². The molecule has 0 aliphatic carbocycles. The molecule has 0 heterocycles. The molecule has 24 heavy (non-hydrogen) atoms. The van der Waals surface area contributed by atoms with Gasteiger partial charge in [-0.2, -0.15) is 0 Å². The van der Waals surface area contributed by atoms with Gasteiger partial charge in [-0.1, -0.05) is 42.5 Å². The number of rotatable bonds is 6. The van der Waals surface area contributed by atoms with Crippen molar-refractivity contribution in [2.24, 2.45) is 5.73 Å². The van der Waals surface area contributed by atoms with Crippen molar-refractivity contribution in [1.82, 2.24) is 4.90 Å². The predicted molar refractivity (Wildman–Crippen MR) is 94.8 cm³/mol. The number of para-hydroxylation sites is 1. The maximum atomic E-state index is 13.5. The van der Waals surface area contributed by atoms with E-state index in [4.69, 9.17) is 10.5 Å². The lowest BCUT2D eigenvalue weighted by Gasteiger charge is -2.29. The molecule has 2 N–H and O–H groups in total. The fraction of sp³-hybridized carbons (Fsp3) is 0.278. The fourth-order valence-corrected chi connectivity index (χ4v) is 2.26. The molecule has 1 atom stereocenters. The van der Waals surface area contributed by atoms with E-state index in [1.807, 2.05) is 30.3 Å². The predicted octanol–water partition coefficient (Wildman–Crippen LogP) is 2.96. The Balaban J connectivity index is 0.00000288. The van der Waals surface area contributed by atoms with Crippen LogP contribution in [0.15, 0.2) is 54.6 Å². The van der Waals surface area contributed by atoms with Crippen molar-refractivity contribution in [3.63, 3.8) is 0 Å². The first-order chi connectivity index (χ1) is 10.9. The van der Waals surface area contributed by atoms with E-state index in [-0.39, 0.29) is 30.7 Å². The fourth-order valence-electron chi connectivity index (χ4n) is 2.26. The monoisotopic (exact) mass is 352 g/mol. The van der Waals surface area contributed by atoms with Crippen molar-refractivity contribution in [3.05, 3.63) is 66.0 Å². The van der Waals surface area contributed by atoms with Crippen LogP contribution in [0.25, 0.3) is 0 Å². The molecule has 4 nitrogen and oxygen atoms in total. The summed E-state index contributed by atoms with van der Waals surface area (Å²) in [5.41, 5.74) is 5.82. The lowest BCUT2D eigenvalue weighted by atomic mass is 9.92. The minimum Gasteiger partial charge on any atom is -0.489 e. The minimum absolute atomic E-state index is 0. The molecule has 2 aromatic carbocycles. The minimum atomic E-state index is -1.12. The number of halogens is 2. The van der Waals surface area contributed by atoms with Gasteiger partial charge >= 0.3 is 0 Å². The van der Waals surface area contributed by atoms with Crippen molar-refractivity contribution in [3.8, 4) is 5.75 Å². The van der Waals surface area contributed by atoms with Gasteiger partial charge in [0.2, 0.25) is 5.91 Å². The lowest BCUT2D eigenvalue weighted by molar-refractivity contribution is -0.135.